The number of fused-ring (bicyclic) bond motifs is 1. The molecule has 1 aliphatic carbocycles. The van der Waals surface area contributed by atoms with Crippen molar-refractivity contribution >= 4 is 22.4 Å². The molecule has 162 valence electrons. The Morgan fingerprint density at radius 1 is 1.19 bits per heavy atom. The molecule has 1 aliphatic heterocycles. The Labute approximate surface area is 186 Å². The monoisotopic (exact) mass is 439 g/mol. The van der Waals surface area contributed by atoms with Gasteiger partial charge in [-0.3, -0.25) is 4.79 Å². The van der Waals surface area contributed by atoms with E-state index in [-0.39, 0.29) is 11.7 Å². The second kappa shape index (κ2) is 8.17. The largest absolute Gasteiger partial charge is 0.490 e. The van der Waals surface area contributed by atoms with Crippen LogP contribution in [0.4, 0.5) is 0 Å². The fourth-order valence-corrected chi connectivity index (χ4v) is 5.12. The van der Waals surface area contributed by atoms with Crippen molar-refractivity contribution in [2.75, 3.05) is 26.2 Å². The second-order valence-electron chi connectivity index (χ2n) is 8.79. The minimum atomic E-state index is -0.0975. The average molecular weight is 440 g/mol. The van der Waals surface area contributed by atoms with Crippen molar-refractivity contribution in [3.63, 3.8) is 0 Å². The van der Waals surface area contributed by atoms with Crippen LogP contribution >= 0.6 is 11.6 Å². The molecule has 3 aromatic rings. The lowest BCUT2D eigenvalue weighted by atomic mass is 9.61. The van der Waals surface area contributed by atoms with Crippen molar-refractivity contribution in [2.45, 2.75) is 25.4 Å². The van der Waals surface area contributed by atoms with Gasteiger partial charge in [-0.1, -0.05) is 17.7 Å². The van der Waals surface area contributed by atoms with Gasteiger partial charge in [0.15, 0.2) is 0 Å². The molecule has 0 radical (unpaired) electrons. The van der Waals surface area contributed by atoms with E-state index in [2.05, 4.69) is 9.88 Å². The van der Waals surface area contributed by atoms with E-state index >= 15 is 0 Å². The van der Waals surface area contributed by atoms with Crippen LogP contribution in [0.5, 0.6) is 11.6 Å². The number of hydrogen-bond acceptors (Lipinski definition) is 5. The zero-order valence-corrected chi connectivity index (χ0v) is 18.3. The van der Waals surface area contributed by atoms with Crippen LogP contribution in [-0.4, -0.2) is 46.8 Å². The summed E-state index contributed by atoms with van der Waals surface area (Å²) in [4.78, 5) is 19.1. The van der Waals surface area contributed by atoms with Crippen LogP contribution in [0.2, 0.25) is 5.02 Å². The number of likely N-dealkylation sites (tertiary alicyclic amines) is 1. The number of ether oxygens (including phenoxy) is 2. The summed E-state index contributed by atoms with van der Waals surface area (Å²) in [6.45, 7) is 3.98. The summed E-state index contributed by atoms with van der Waals surface area (Å²) in [5.74, 6) is 1.44. The summed E-state index contributed by atoms with van der Waals surface area (Å²) in [6, 6.07) is 11.2. The van der Waals surface area contributed by atoms with Gasteiger partial charge in [-0.05, 0) is 43.5 Å². The van der Waals surface area contributed by atoms with E-state index in [4.69, 9.17) is 21.1 Å². The van der Waals surface area contributed by atoms with Gasteiger partial charge in [-0.15, -0.1) is 0 Å². The van der Waals surface area contributed by atoms with E-state index in [1.54, 1.807) is 30.1 Å². The van der Waals surface area contributed by atoms with Crippen LogP contribution in [0.3, 0.4) is 0 Å². The molecule has 0 amide bonds. The lowest BCUT2D eigenvalue weighted by molar-refractivity contribution is -0.119. The third-order valence-corrected chi connectivity index (χ3v) is 6.71. The molecule has 1 aromatic carbocycles. The molecule has 1 saturated carbocycles. The van der Waals surface area contributed by atoms with Crippen LogP contribution in [0, 0.1) is 5.41 Å². The number of benzene rings is 1. The highest BCUT2D eigenvalue weighted by Gasteiger charge is 2.53. The van der Waals surface area contributed by atoms with Crippen LogP contribution < -0.4 is 15.0 Å². The lowest BCUT2D eigenvalue weighted by Gasteiger charge is -2.58. The topological polar surface area (TPSA) is 56.6 Å². The van der Waals surface area contributed by atoms with Gasteiger partial charge < -0.3 is 18.9 Å². The summed E-state index contributed by atoms with van der Waals surface area (Å²) in [5.41, 5.74) is 0.296. The first-order chi connectivity index (χ1) is 15.0. The maximum Gasteiger partial charge on any atom is 0.259 e. The predicted molar refractivity (Wildman–Crippen MR) is 121 cm³/mol. The van der Waals surface area contributed by atoms with Crippen molar-refractivity contribution in [1.29, 1.82) is 0 Å². The summed E-state index contributed by atoms with van der Waals surface area (Å²) in [7, 11) is 1.73. The van der Waals surface area contributed by atoms with Gasteiger partial charge >= 0.3 is 0 Å². The Morgan fingerprint density at radius 2 is 2.03 bits per heavy atom. The standard InChI is InChI=1S/C24H26ClN3O3/c1-27-11-8-18-20(7-6-19(25)22(18)23(27)29)31-17-13-24(14-17)15-28(16-24)10-4-12-30-21-5-2-3-9-26-21/h2-3,5-9,11,17H,4,10,12-16H2,1H3. The Hall–Kier alpha value is -2.57. The normalized spacial score (nSPS) is 18.0. The predicted octanol–water partition coefficient (Wildman–Crippen LogP) is 3.90. The SMILES string of the molecule is Cn1ccc2c(OC3CC4(C3)CN(CCCOc3ccccn3)C4)ccc(Cl)c2c1=O. The summed E-state index contributed by atoms with van der Waals surface area (Å²) in [5, 5.41) is 1.79. The van der Waals surface area contributed by atoms with E-state index in [1.165, 1.54) is 0 Å². The lowest BCUT2D eigenvalue weighted by Crippen LogP contribution is -2.64. The van der Waals surface area contributed by atoms with Crippen molar-refractivity contribution in [3.8, 4) is 11.6 Å². The highest BCUT2D eigenvalue weighted by molar-refractivity contribution is 6.35. The molecule has 2 aromatic heterocycles. The highest BCUT2D eigenvalue weighted by atomic mass is 35.5. The van der Waals surface area contributed by atoms with Gasteiger partial charge in [-0.2, -0.15) is 0 Å². The molecule has 6 nitrogen and oxygen atoms in total. The zero-order valence-electron chi connectivity index (χ0n) is 17.6. The van der Waals surface area contributed by atoms with E-state index in [0.717, 1.165) is 50.0 Å². The Kier molecular flexibility index (Phi) is 5.36. The number of aromatic nitrogens is 2. The first-order valence-corrected chi connectivity index (χ1v) is 11.1. The Bertz CT molecular complexity index is 1130. The molecule has 0 bridgehead atoms. The third kappa shape index (κ3) is 4.02. The van der Waals surface area contributed by atoms with E-state index in [0.29, 0.717) is 28.3 Å². The number of nitrogens with zero attached hydrogens (tertiary/aromatic N) is 3. The smallest absolute Gasteiger partial charge is 0.259 e. The number of aryl methyl sites for hydroxylation is 1. The van der Waals surface area contributed by atoms with Crippen molar-refractivity contribution in [1.82, 2.24) is 14.5 Å². The third-order valence-electron chi connectivity index (χ3n) is 6.39. The Morgan fingerprint density at radius 3 is 2.81 bits per heavy atom. The molecule has 0 unspecified atom stereocenters. The Balaban J connectivity index is 1.10. The summed E-state index contributed by atoms with van der Waals surface area (Å²) < 4.78 is 13.5. The molecule has 0 atom stereocenters. The van der Waals surface area contributed by atoms with Gasteiger partial charge in [0.1, 0.15) is 5.75 Å². The van der Waals surface area contributed by atoms with Crippen molar-refractivity contribution in [3.05, 3.63) is 64.2 Å². The molecule has 1 saturated heterocycles. The average Bonchev–Trinajstić information content (AvgIpc) is 2.72. The summed E-state index contributed by atoms with van der Waals surface area (Å²) >= 11 is 6.28. The van der Waals surface area contributed by atoms with Crippen molar-refractivity contribution in [2.24, 2.45) is 12.5 Å². The van der Waals surface area contributed by atoms with Crippen molar-refractivity contribution < 1.29 is 9.47 Å². The van der Waals surface area contributed by atoms with Crippen LogP contribution in [0.15, 0.2) is 53.6 Å². The second-order valence-corrected chi connectivity index (χ2v) is 9.20. The molecular formula is C24H26ClN3O3. The summed E-state index contributed by atoms with van der Waals surface area (Å²) in [6.07, 6.45) is 6.82. The highest BCUT2D eigenvalue weighted by Crippen LogP contribution is 2.50. The van der Waals surface area contributed by atoms with Crippen LogP contribution in [0.1, 0.15) is 19.3 Å². The van der Waals surface area contributed by atoms with E-state index in [1.807, 2.05) is 30.3 Å². The maximum atomic E-state index is 12.5. The number of hydrogen-bond donors (Lipinski definition) is 0. The minimum absolute atomic E-state index is 0.0975. The fraction of sp³-hybridized carbons (Fsp3) is 0.417. The molecule has 5 rings (SSSR count). The van der Waals surface area contributed by atoms with Crippen LogP contribution in [0.25, 0.3) is 10.8 Å². The first kappa shape index (κ1) is 20.3. The molecule has 2 aliphatic rings. The molecular weight excluding hydrogens is 414 g/mol. The maximum absolute atomic E-state index is 12.5. The number of pyridine rings is 2. The molecule has 7 heteroatoms. The molecule has 0 N–H and O–H groups in total. The van der Waals surface area contributed by atoms with Gasteiger partial charge in [-0.25, -0.2) is 4.98 Å². The molecule has 2 fully saturated rings. The van der Waals surface area contributed by atoms with Crippen LogP contribution in [-0.2, 0) is 7.05 Å². The fourth-order valence-electron chi connectivity index (χ4n) is 4.87. The van der Waals surface area contributed by atoms with Gasteiger partial charge in [0.25, 0.3) is 5.56 Å². The minimum Gasteiger partial charge on any atom is -0.490 e. The quantitative estimate of drug-likeness (QED) is 0.522. The molecule has 3 heterocycles. The van der Waals surface area contributed by atoms with E-state index in [9.17, 15) is 4.79 Å². The first-order valence-electron chi connectivity index (χ1n) is 10.7. The zero-order chi connectivity index (χ0) is 21.4. The molecule has 31 heavy (non-hydrogen) atoms. The van der Waals surface area contributed by atoms with Gasteiger partial charge in [0, 0.05) is 55.9 Å². The number of halogens is 1. The number of rotatable bonds is 7. The van der Waals surface area contributed by atoms with Gasteiger partial charge in [0.2, 0.25) is 5.88 Å². The van der Waals surface area contributed by atoms with E-state index < -0.39 is 0 Å². The van der Waals surface area contributed by atoms with Gasteiger partial charge in [0.05, 0.1) is 23.1 Å². The molecule has 1 spiro atoms.